The van der Waals surface area contributed by atoms with Gasteiger partial charge in [0, 0.05) is 19.1 Å². The number of nitrogens with zero attached hydrogens (tertiary/aromatic N) is 1. The Kier molecular flexibility index (Phi) is 2.30. The second-order valence-electron chi connectivity index (χ2n) is 3.13. The van der Waals surface area contributed by atoms with Gasteiger partial charge in [0.2, 0.25) is 5.03 Å². The molecule has 0 saturated heterocycles. The fourth-order valence-corrected chi connectivity index (χ4v) is 3.24. The molecular weight excluding hydrogens is 198 g/mol. The van der Waals surface area contributed by atoms with Gasteiger partial charge < -0.3 is 0 Å². The third-order valence-corrected chi connectivity index (χ3v) is 3.77. The number of hydrogen-bond acceptors (Lipinski definition) is 2. The van der Waals surface area contributed by atoms with Crippen molar-refractivity contribution >= 4 is 27.9 Å². The maximum Gasteiger partial charge on any atom is 0.268 e. The molecule has 0 unspecified atom stereocenters. The van der Waals surface area contributed by atoms with E-state index in [4.69, 9.17) is 0 Å². The van der Waals surface area contributed by atoms with Gasteiger partial charge in [-0.1, -0.05) is 23.1 Å². The van der Waals surface area contributed by atoms with Crippen molar-refractivity contribution in [1.29, 1.82) is 0 Å². The minimum absolute atomic E-state index is 1.32. The van der Waals surface area contributed by atoms with Crippen LogP contribution in [0.3, 0.4) is 0 Å². The van der Waals surface area contributed by atoms with Gasteiger partial charge in [0.25, 0.3) is 4.83 Å². The van der Waals surface area contributed by atoms with E-state index in [9.17, 15) is 0 Å². The third kappa shape index (κ3) is 1.46. The van der Waals surface area contributed by atoms with Gasteiger partial charge in [0.05, 0.1) is 5.38 Å². The number of hydrogen-bond donors (Lipinski definition) is 0. The molecule has 2 rings (SSSR count). The Bertz CT molecular complexity index is 445. The predicted octanol–water partition coefficient (Wildman–Crippen LogP) is 2.83. The molecule has 68 valence electrons. The minimum Gasteiger partial charge on any atom is -0.142 e. The van der Waals surface area contributed by atoms with Crippen LogP contribution in [0.15, 0.2) is 22.5 Å². The summed E-state index contributed by atoms with van der Waals surface area (Å²) in [5, 5.41) is 3.53. The van der Waals surface area contributed by atoms with E-state index in [0.29, 0.717) is 0 Å². The first kappa shape index (κ1) is 9.03. The highest BCUT2D eigenvalue weighted by Gasteiger charge is 2.14. The molecule has 0 saturated carbocycles. The van der Waals surface area contributed by atoms with Crippen LogP contribution in [0.1, 0.15) is 11.3 Å². The first-order chi connectivity index (χ1) is 6.22. The average molecular weight is 210 g/mol. The van der Waals surface area contributed by atoms with Crippen LogP contribution in [-0.4, -0.2) is 6.26 Å². The van der Waals surface area contributed by atoms with Crippen LogP contribution in [0.5, 0.6) is 0 Å². The van der Waals surface area contributed by atoms with E-state index in [-0.39, 0.29) is 0 Å². The number of aromatic nitrogens is 1. The molecule has 0 amide bonds. The monoisotopic (exact) mass is 210 g/mol. The maximum atomic E-state index is 2.31. The number of pyridine rings is 1. The van der Waals surface area contributed by atoms with Crippen LogP contribution >= 0.6 is 23.1 Å². The number of fused-ring (bicyclic) bond motifs is 1. The van der Waals surface area contributed by atoms with E-state index < -0.39 is 0 Å². The fourth-order valence-electron chi connectivity index (χ4n) is 1.45. The van der Waals surface area contributed by atoms with Crippen molar-refractivity contribution in [2.75, 3.05) is 6.26 Å². The lowest BCUT2D eigenvalue weighted by atomic mass is 10.3. The van der Waals surface area contributed by atoms with E-state index >= 15 is 0 Å². The second kappa shape index (κ2) is 3.31. The van der Waals surface area contributed by atoms with Crippen LogP contribution in [0.25, 0.3) is 4.83 Å². The van der Waals surface area contributed by atoms with Crippen molar-refractivity contribution in [2.24, 2.45) is 0 Å². The Morgan fingerprint density at radius 3 is 2.77 bits per heavy atom. The Morgan fingerprint density at radius 1 is 1.31 bits per heavy atom. The number of rotatable bonds is 1. The SMILES string of the molecule is CSc1cc(C)cc2scc(C)[n+]12. The molecule has 0 spiro atoms. The zero-order chi connectivity index (χ0) is 9.42. The lowest BCUT2D eigenvalue weighted by Crippen LogP contribution is -2.25. The molecule has 1 nitrogen and oxygen atoms in total. The molecule has 0 bridgehead atoms. The van der Waals surface area contributed by atoms with E-state index in [1.807, 2.05) is 11.3 Å². The van der Waals surface area contributed by atoms with Crippen molar-refractivity contribution in [3.63, 3.8) is 0 Å². The summed E-state index contributed by atoms with van der Waals surface area (Å²) in [6.07, 6.45) is 2.12. The van der Waals surface area contributed by atoms with Gasteiger partial charge in [-0.3, -0.25) is 0 Å². The summed E-state index contributed by atoms with van der Waals surface area (Å²) < 4.78 is 2.31. The summed E-state index contributed by atoms with van der Waals surface area (Å²) in [6.45, 7) is 4.30. The van der Waals surface area contributed by atoms with Crippen molar-refractivity contribution in [2.45, 2.75) is 18.9 Å². The van der Waals surface area contributed by atoms with Gasteiger partial charge in [-0.2, -0.15) is 0 Å². The summed E-state index contributed by atoms with van der Waals surface area (Å²) in [5.74, 6) is 0. The lowest BCUT2D eigenvalue weighted by Gasteiger charge is -1.94. The highest BCUT2D eigenvalue weighted by atomic mass is 32.2. The Hall–Kier alpha value is -0.540. The second-order valence-corrected chi connectivity index (χ2v) is 4.84. The highest BCUT2D eigenvalue weighted by molar-refractivity contribution is 7.98. The van der Waals surface area contributed by atoms with Crippen LogP contribution in [-0.2, 0) is 0 Å². The molecule has 2 aromatic rings. The average Bonchev–Trinajstić information content (AvgIpc) is 2.46. The Morgan fingerprint density at radius 2 is 2.08 bits per heavy atom. The van der Waals surface area contributed by atoms with Crippen molar-refractivity contribution < 1.29 is 4.40 Å². The molecule has 0 aliphatic rings. The summed E-state index contributed by atoms with van der Waals surface area (Å²) in [4.78, 5) is 1.34. The van der Waals surface area contributed by atoms with E-state index in [1.54, 1.807) is 11.8 Å². The standard InChI is InChI=1S/C10H12NS2/c1-7-4-9(12-3)11-8(2)6-13-10(11)5-7/h4-6H,1-3H3/q+1. The molecule has 0 aliphatic carbocycles. The lowest BCUT2D eigenvalue weighted by molar-refractivity contribution is -0.558. The Balaban J connectivity index is 2.85. The van der Waals surface area contributed by atoms with Crippen LogP contribution < -0.4 is 4.40 Å². The van der Waals surface area contributed by atoms with Gasteiger partial charge in [0.1, 0.15) is 0 Å². The van der Waals surface area contributed by atoms with E-state index in [2.05, 4.69) is 42.0 Å². The highest BCUT2D eigenvalue weighted by Crippen LogP contribution is 2.18. The largest absolute Gasteiger partial charge is 0.268 e. The van der Waals surface area contributed by atoms with Gasteiger partial charge >= 0.3 is 0 Å². The molecule has 2 heterocycles. The van der Waals surface area contributed by atoms with Crippen molar-refractivity contribution in [1.82, 2.24) is 0 Å². The molecule has 0 aromatic carbocycles. The molecule has 3 heteroatoms. The zero-order valence-electron chi connectivity index (χ0n) is 8.00. The third-order valence-electron chi connectivity index (χ3n) is 2.06. The summed E-state index contributed by atoms with van der Waals surface area (Å²) in [7, 11) is 0. The quantitative estimate of drug-likeness (QED) is 0.517. The van der Waals surface area contributed by atoms with E-state index in [1.165, 1.54) is 21.1 Å². The van der Waals surface area contributed by atoms with Gasteiger partial charge in [0.15, 0.2) is 5.69 Å². The normalized spacial score (nSPS) is 11.0. The molecule has 0 radical (unpaired) electrons. The number of thiazole rings is 1. The fraction of sp³-hybridized carbons (Fsp3) is 0.300. The first-order valence-corrected chi connectivity index (χ1v) is 6.27. The summed E-state index contributed by atoms with van der Waals surface area (Å²) in [5.41, 5.74) is 2.66. The Labute approximate surface area is 86.4 Å². The van der Waals surface area contributed by atoms with Gasteiger partial charge in [-0.25, -0.2) is 0 Å². The maximum absolute atomic E-state index is 2.31. The van der Waals surface area contributed by atoms with Crippen LogP contribution in [0, 0.1) is 13.8 Å². The summed E-state index contributed by atoms with van der Waals surface area (Å²) >= 11 is 3.61. The van der Waals surface area contributed by atoms with Crippen LogP contribution in [0.2, 0.25) is 0 Å². The predicted molar refractivity (Wildman–Crippen MR) is 58.7 cm³/mol. The minimum atomic E-state index is 1.32. The molecule has 2 aromatic heterocycles. The summed E-state index contributed by atoms with van der Waals surface area (Å²) in [6, 6.07) is 4.47. The van der Waals surface area contributed by atoms with Crippen molar-refractivity contribution in [3.05, 3.63) is 28.8 Å². The van der Waals surface area contributed by atoms with Crippen molar-refractivity contribution in [3.8, 4) is 0 Å². The van der Waals surface area contributed by atoms with Gasteiger partial charge in [-0.05, 0) is 18.7 Å². The molecule has 0 fully saturated rings. The molecule has 0 N–H and O–H groups in total. The molecule has 13 heavy (non-hydrogen) atoms. The topological polar surface area (TPSA) is 4.10 Å². The molecular formula is C10H12NS2+. The number of aryl methyl sites for hydroxylation is 2. The van der Waals surface area contributed by atoms with Crippen LogP contribution in [0.4, 0.5) is 0 Å². The number of thioether (sulfide) groups is 1. The molecule has 0 aliphatic heterocycles. The first-order valence-electron chi connectivity index (χ1n) is 4.17. The zero-order valence-corrected chi connectivity index (χ0v) is 9.63. The smallest absolute Gasteiger partial charge is 0.142 e. The molecule has 0 atom stereocenters. The van der Waals surface area contributed by atoms with Gasteiger partial charge in [-0.15, -0.1) is 4.40 Å². The van der Waals surface area contributed by atoms with E-state index in [0.717, 1.165) is 0 Å².